The quantitative estimate of drug-likeness (QED) is 0.851. The van der Waals surface area contributed by atoms with Gasteiger partial charge < -0.3 is 14.4 Å². The summed E-state index contributed by atoms with van der Waals surface area (Å²) in [5.41, 5.74) is 0. The number of hydrogen-bond acceptors (Lipinski definition) is 4. The first-order valence-corrected chi connectivity index (χ1v) is 8.33. The zero-order valence-corrected chi connectivity index (χ0v) is 13.3. The van der Waals surface area contributed by atoms with Crippen molar-refractivity contribution in [2.24, 2.45) is 0 Å². The largest absolute Gasteiger partial charge is 0.486 e. The van der Waals surface area contributed by atoms with Crippen LogP contribution in [0.15, 0.2) is 41.8 Å². The normalized spacial score (nSPS) is 16.3. The molecule has 0 N–H and O–H groups in total. The van der Waals surface area contributed by atoms with E-state index in [0.717, 1.165) is 16.4 Å². The fourth-order valence-electron chi connectivity index (χ4n) is 2.48. The number of benzene rings is 1. The van der Waals surface area contributed by atoms with Crippen molar-refractivity contribution in [1.82, 2.24) is 4.90 Å². The van der Waals surface area contributed by atoms with Gasteiger partial charge in [0.25, 0.3) is 0 Å². The molecule has 1 aromatic heterocycles. The van der Waals surface area contributed by atoms with Crippen molar-refractivity contribution in [3.8, 4) is 11.5 Å². The highest BCUT2D eigenvalue weighted by Crippen LogP contribution is 2.31. The van der Waals surface area contributed by atoms with E-state index in [0.29, 0.717) is 26.1 Å². The summed E-state index contributed by atoms with van der Waals surface area (Å²) in [5, 5.41) is 1.99. The molecule has 5 heteroatoms. The molecule has 1 aliphatic heterocycles. The van der Waals surface area contributed by atoms with Gasteiger partial charge in [-0.1, -0.05) is 18.2 Å². The lowest BCUT2D eigenvalue weighted by Crippen LogP contribution is -2.44. The number of fused-ring (bicyclic) bond motifs is 1. The third-order valence-corrected chi connectivity index (χ3v) is 4.51. The lowest BCUT2D eigenvalue weighted by molar-refractivity contribution is -0.131. The Balaban J connectivity index is 1.60. The Hall–Kier alpha value is -2.01. The van der Waals surface area contributed by atoms with Crippen LogP contribution in [0.1, 0.15) is 11.8 Å². The van der Waals surface area contributed by atoms with Crippen LogP contribution in [-0.4, -0.2) is 36.6 Å². The summed E-state index contributed by atoms with van der Waals surface area (Å²) in [6.07, 6.45) is 0.331. The minimum atomic E-state index is -0.123. The molecule has 3 rings (SSSR count). The molecule has 116 valence electrons. The van der Waals surface area contributed by atoms with Gasteiger partial charge in [-0.05, 0) is 30.5 Å². The second-order valence-electron chi connectivity index (χ2n) is 5.19. The molecular weight excluding hydrogens is 298 g/mol. The zero-order valence-electron chi connectivity index (χ0n) is 12.5. The number of likely N-dealkylation sites (N-methyl/N-ethyl adjacent to an activating group) is 1. The van der Waals surface area contributed by atoms with E-state index in [1.807, 2.05) is 53.6 Å². The maximum atomic E-state index is 12.4. The molecular formula is C17H19NO3S. The lowest BCUT2D eigenvalue weighted by Gasteiger charge is -2.30. The van der Waals surface area contributed by atoms with Gasteiger partial charge in [-0.3, -0.25) is 4.79 Å². The molecule has 0 radical (unpaired) electrons. The molecule has 1 atom stereocenters. The van der Waals surface area contributed by atoms with Gasteiger partial charge in [0.15, 0.2) is 17.6 Å². The van der Waals surface area contributed by atoms with E-state index in [1.165, 1.54) is 0 Å². The van der Waals surface area contributed by atoms with Crippen LogP contribution in [0.5, 0.6) is 11.5 Å². The van der Waals surface area contributed by atoms with E-state index in [4.69, 9.17) is 9.47 Å². The Morgan fingerprint density at radius 3 is 2.82 bits per heavy atom. The van der Waals surface area contributed by atoms with Gasteiger partial charge in [0.2, 0.25) is 5.91 Å². The van der Waals surface area contributed by atoms with Crippen molar-refractivity contribution in [2.45, 2.75) is 19.4 Å². The maximum absolute atomic E-state index is 12.4. The first-order chi connectivity index (χ1) is 10.8. The van der Waals surface area contributed by atoms with Gasteiger partial charge in [-0.15, -0.1) is 11.3 Å². The van der Waals surface area contributed by atoms with Crippen LogP contribution in [0, 0.1) is 0 Å². The van der Waals surface area contributed by atoms with Crippen LogP contribution >= 0.6 is 11.3 Å². The van der Waals surface area contributed by atoms with Crippen LogP contribution < -0.4 is 9.47 Å². The van der Waals surface area contributed by atoms with Crippen molar-refractivity contribution >= 4 is 17.2 Å². The summed E-state index contributed by atoms with van der Waals surface area (Å²) >= 11 is 1.61. The number of hydrogen-bond donors (Lipinski definition) is 0. The number of para-hydroxylation sites is 2. The number of nitrogens with zero attached hydrogens (tertiary/aromatic N) is 1. The van der Waals surface area contributed by atoms with Crippen LogP contribution in [-0.2, 0) is 11.2 Å². The molecule has 2 heterocycles. The Bertz CT molecular complexity index is 627. The second-order valence-corrected chi connectivity index (χ2v) is 6.22. The molecule has 22 heavy (non-hydrogen) atoms. The highest BCUT2D eigenvalue weighted by atomic mass is 32.1. The van der Waals surface area contributed by atoms with Crippen LogP contribution in [0.2, 0.25) is 0 Å². The van der Waals surface area contributed by atoms with Crippen LogP contribution in [0.25, 0.3) is 0 Å². The average Bonchev–Trinajstić information content (AvgIpc) is 3.05. The molecule has 0 spiro atoms. The molecule has 1 aromatic carbocycles. The van der Waals surface area contributed by atoms with Gasteiger partial charge in [0.05, 0.1) is 13.0 Å². The Kier molecular flexibility index (Phi) is 4.63. The predicted molar refractivity (Wildman–Crippen MR) is 86.6 cm³/mol. The van der Waals surface area contributed by atoms with Gasteiger partial charge in [-0.2, -0.15) is 0 Å². The van der Waals surface area contributed by atoms with E-state index in [1.54, 1.807) is 11.3 Å². The zero-order chi connectivity index (χ0) is 15.4. The number of thiophene rings is 1. The molecule has 1 unspecified atom stereocenters. The smallest absolute Gasteiger partial charge is 0.227 e. The van der Waals surface area contributed by atoms with Crippen molar-refractivity contribution < 1.29 is 14.3 Å². The van der Waals surface area contributed by atoms with E-state index in [-0.39, 0.29) is 12.0 Å². The molecule has 0 bridgehead atoms. The van der Waals surface area contributed by atoms with Crippen molar-refractivity contribution in [3.05, 3.63) is 46.7 Å². The standard InChI is InChI=1S/C17H19NO3S/c1-2-18(17(19)10-14-6-5-9-22-14)11-13-12-20-15-7-3-4-8-16(15)21-13/h3-9,13H,2,10-12H2,1H3. The Morgan fingerprint density at radius 1 is 1.27 bits per heavy atom. The lowest BCUT2D eigenvalue weighted by atomic mass is 10.2. The number of ether oxygens (including phenoxy) is 2. The van der Waals surface area contributed by atoms with Gasteiger partial charge in [0, 0.05) is 11.4 Å². The highest BCUT2D eigenvalue weighted by Gasteiger charge is 2.24. The monoisotopic (exact) mass is 317 g/mol. The fourth-order valence-corrected chi connectivity index (χ4v) is 3.18. The summed E-state index contributed by atoms with van der Waals surface area (Å²) < 4.78 is 11.6. The van der Waals surface area contributed by atoms with E-state index < -0.39 is 0 Å². The molecule has 2 aromatic rings. The Morgan fingerprint density at radius 2 is 2.09 bits per heavy atom. The highest BCUT2D eigenvalue weighted by molar-refractivity contribution is 7.10. The third-order valence-electron chi connectivity index (χ3n) is 3.63. The molecule has 0 aliphatic carbocycles. The topological polar surface area (TPSA) is 38.8 Å². The predicted octanol–water partition coefficient (Wildman–Crippen LogP) is 2.98. The minimum absolute atomic E-state index is 0.123. The summed E-state index contributed by atoms with van der Waals surface area (Å²) in [7, 11) is 0. The SMILES string of the molecule is CCN(CC1COc2ccccc2O1)C(=O)Cc1cccs1. The van der Waals surface area contributed by atoms with E-state index in [9.17, 15) is 4.79 Å². The summed E-state index contributed by atoms with van der Waals surface area (Å²) in [4.78, 5) is 15.3. The van der Waals surface area contributed by atoms with Gasteiger partial charge >= 0.3 is 0 Å². The minimum Gasteiger partial charge on any atom is -0.486 e. The number of carbonyl (C=O) groups is 1. The van der Waals surface area contributed by atoms with Gasteiger partial charge in [-0.25, -0.2) is 0 Å². The summed E-state index contributed by atoms with van der Waals surface area (Å²) in [5.74, 6) is 1.65. The molecule has 1 aliphatic rings. The van der Waals surface area contributed by atoms with E-state index >= 15 is 0 Å². The van der Waals surface area contributed by atoms with E-state index in [2.05, 4.69) is 0 Å². The van der Waals surface area contributed by atoms with Crippen molar-refractivity contribution in [3.63, 3.8) is 0 Å². The summed E-state index contributed by atoms with van der Waals surface area (Å²) in [6, 6.07) is 11.6. The first-order valence-electron chi connectivity index (χ1n) is 7.45. The molecule has 0 saturated heterocycles. The summed E-state index contributed by atoms with van der Waals surface area (Å²) in [6.45, 7) is 3.69. The molecule has 4 nitrogen and oxygen atoms in total. The average molecular weight is 317 g/mol. The van der Waals surface area contributed by atoms with Crippen molar-refractivity contribution in [2.75, 3.05) is 19.7 Å². The molecule has 1 amide bonds. The maximum Gasteiger partial charge on any atom is 0.227 e. The number of amides is 1. The molecule has 0 saturated carbocycles. The van der Waals surface area contributed by atoms with Crippen LogP contribution in [0.4, 0.5) is 0 Å². The Labute approximate surface area is 134 Å². The van der Waals surface area contributed by atoms with Crippen LogP contribution in [0.3, 0.4) is 0 Å². The molecule has 0 fully saturated rings. The van der Waals surface area contributed by atoms with Crippen molar-refractivity contribution in [1.29, 1.82) is 0 Å². The number of carbonyl (C=O) groups excluding carboxylic acids is 1. The third kappa shape index (κ3) is 3.42. The first kappa shape index (κ1) is 14.9. The second kappa shape index (κ2) is 6.83. The number of rotatable bonds is 5. The van der Waals surface area contributed by atoms with Gasteiger partial charge in [0.1, 0.15) is 6.61 Å². The fraction of sp³-hybridized carbons (Fsp3) is 0.353.